The molecule has 0 amide bonds. The Labute approximate surface area is 128 Å². The summed E-state index contributed by atoms with van der Waals surface area (Å²) in [5.74, 6) is 0.885. The summed E-state index contributed by atoms with van der Waals surface area (Å²) in [5.41, 5.74) is 7.57. The fourth-order valence-corrected chi connectivity index (χ4v) is 2.80. The maximum atomic E-state index is 6.57. The average Bonchev–Trinajstić information content (AvgIpc) is 2.47. The first-order chi connectivity index (χ1) is 9.91. The molecule has 1 fully saturated rings. The van der Waals surface area contributed by atoms with Crippen LogP contribution in [-0.4, -0.2) is 42.8 Å². The first kappa shape index (κ1) is 16.3. The second-order valence-electron chi connectivity index (χ2n) is 6.47. The van der Waals surface area contributed by atoms with Gasteiger partial charge in [-0.1, -0.05) is 12.1 Å². The predicted octanol–water partition coefficient (Wildman–Crippen LogP) is 2.58. The van der Waals surface area contributed by atoms with Gasteiger partial charge in [0.15, 0.2) is 0 Å². The lowest BCUT2D eigenvalue weighted by atomic mass is 9.87. The smallest absolute Gasteiger partial charge is 0.120 e. The molecule has 1 aromatic rings. The zero-order chi connectivity index (χ0) is 15.5. The van der Waals surface area contributed by atoms with Gasteiger partial charge in [0, 0.05) is 24.7 Å². The number of morpholine rings is 1. The summed E-state index contributed by atoms with van der Waals surface area (Å²) in [6, 6.07) is 8.08. The topological polar surface area (TPSA) is 47.7 Å². The van der Waals surface area contributed by atoms with Crippen LogP contribution in [0.3, 0.4) is 0 Å². The van der Waals surface area contributed by atoms with Gasteiger partial charge in [0.05, 0.1) is 19.3 Å². The van der Waals surface area contributed by atoms with Gasteiger partial charge in [-0.15, -0.1) is 0 Å². The molecule has 4 nitrogen and oxygen atoms in total. The highest BCUT2D eigenvalue weighted by Crippen LogP contribution is 2.31. The predicted molar refractivity (Wildman–Crippen MR) is 85.6 cm³/mol. The first-order valence-corrected chi connectivity index (χ1v) is 7.76. The number of ether oxygens (including phenoxy) is 2. The van der Waals surface area contributed by atoms with Crippen molar-refractivity contribution in [3.63, 3.8) is 0 Å². The van der Waals surface area contributed by atoms with Crippen LogP contribution in [-0.2, 0) is 4.74 Å². The fraction of sp³-hybridized carbons (Fsp3) is 0.647. The molecule has 21 heavy (non-hydrogen) atoms. The van der Waals surface area contributed by atoms with E-state index in [2.05, 4.69) is 30.9 Å². The van der Waals surface area contributed by atoms with Crippen LogP contribution >= 0.6 is 0 Å². The third kappa shape index (κ3) is 3.96. The molecule has 0 aliphatic carbocycles. The van der Waals surface area contributed by atoms with Crippen molar-refractivity contribution < 1.29 is 9.47 Å². The van der Waals surface area contributed by atoms with Gasteiger partial charge >= 0.3 is 0 Å². The van der Waals surface area contributed by atoms with E-state index in [0.717, 1.165) is 37.6 Å². The summed E-state index contributed by atoms with van der Waals surface area (Å²) in [7, 11) is 0. The highest BCUT2D eigenvalue weighted by molar-refractivity contribution is 5.32. The van der Waals surface area contributed by atoms with Gasteiger partial charge in [0.25, 0.3) is 0 Å². The minimum atomic E-state index is -0.111. The molecular formula is C17H28N2O2. The van der Waals surface area contributed by atoms with Crippen molar-refractivity contribution in [2.75, 3.05) is 26.3 Å². The average molecular weight is 292 g/mol. The summed E-state index contributed by atoms with van der Waals surface area (Å²) < 4.78 is 11.2. The molecule has 4 heteroatoms. The van der Waals surface area contributed by atoms with Crippen molar-refractivity contribution >= 4 is 0 Å². The highest BCUT2D eigenvalue weighted by Gasteiger charge is 2.35. The van der Waals surface area contributed by atoms with E-state index in [-0.39, 0.29) is 17.7 Å². The Morgan fingerprint density at radius 2 is 1.90 bits per heavy atom. The van der Waals surface area contributed by atoms with Crippen molar-refractivity contribution in [1.82, 2.24) is 4.90 Å². The van der Waals surface area contributed by atoms with Gasteiger partial charge in [-0.05, 0) is 45.4 Å². The van der Waals surface area contributed by atoms with E-state index < -0.39 is 0 Å². The molecule has 0 aromatic heterocycles. The molecule has 0 radical (unpaired) electrons. The summed E-state index contributed by atoms with van der Waals surface area (Å²) in [6.07, 6.45) is 0.170. The largest absolute Gasteiger partial charge is 0.491 e. The zero-order valence-corrected chi connectivity index (χ0v) is 13.6. The van der Waals surface area contributed by atoms with E-state index in [1.165, 1.54) is 0 Å². The van der Waals surface area contributed by atoms with E-state index in [1.54, 1.807) is 0 Å². The summed E-state index contributed by atoms with van der Waals surface area (Å²) in [4.78, 5) is 2.41. The number of hydrogen-bond acceptors (Lipinski definition) is 4. The monoisotopic (exact) mass is 292 g/mol. The normalized spacial score (nSPS) is 18.8. The molecule has 0 spiro atoms. The van der Waals surface area contributed by atoms with E-state index in [0.29, 0.717) is 0 Å². The lowest BCUT2D eigenvalue weighted by Gasteiger charge is -2.44. The van der Waals surface area contributed by atoms with Gasteiger partial charge in [-0.25, -0.2) is 0 Å². The summed E-state index contributed by atoms with van der Waals surface area (Å²) in [5, 5.41) is 0. The third-order valence-electron chi connectivity index (χ3n) is 4.18. The number of hydrogen-bond donors (Lipinski definition) is 1. The summed E-state index contributed by atoms with van der Waals surface area (Å²) >= 11 is 0. The van der Waals surface area contributed by atoms with Crippen LogP contribution in [0.5, 0.6) is 5.75 Å². The second-order valence-corrected chi connectivity index (χ2v) is 6.47. The van der Waals surface area contributed by atoms with Crippen molar-refractivity contribution in [2.24, 2.45) is 5.73 Å². The molecule has 2 rings (SSSR count). The molecule has 118 valence electrons. The Morgan fingerprint density at radius 1 is 1.24 bits per heavy atom. The zero-order valence-electron chi connectivity index (χ0n) is 13.6. The number of rotatable bonds is 5. The van der Waals surface area contributed by atoms with Crippen LogP contribution in [0.1, 0.15) is 39.3 Å². The Morgan fingerprint density at radius 3 is 2.52 bits per heavy atom. The SMILES string of the molecule is CC(C)Oc1cccc(C(N)C(C)(C)N2CCOCC2)c1. The molecule has 1 aromatic carbocycles. The number of nitrogens with two attached hydrogens (primary N) is 1. The molecule has 2 N–H and O–H groups in total. The molecular weight excluding hydrogens is 264 g/mol. The molecule has 1 saturated heterocycles. The first-order valence-electron chi connectivity index (χ1n) is 7.76. The van der Waals surface area contributed by atoms with Gasteiger partial charge in [-0.3, -0.25) is 4.90 Å². The minimum absolute atomic E-state index is 0.0636. The number of benzene rings is 1. The fourth-order valence-electron chi connectivity index (χ4n) is 2.80. The second kappa shape index (κ2) is 6.77. The van der Waals surface area contributed by atoms with Crippen LogP contribution in [0.15, 0.2) is 24.3 Å². The van der Waals surface area contributed by atoms with Gasteiger partial charge in [-0.2, -0.15) is 0 Å². The van der Waals surface area contributed by atoms with E-state index in [1.807, 2.05) is 26.0 Å². The van der Waals surface area contributed by atoms with Crippen LogP contribution in [0.2, 0.25) is 0 Å². The quantitative estimate of drug-likeness (QED) is 0.906. The standard InChI is InChI=1S/C17H28N2O2/c1-13(2)21-15-7-5-6-14(12-15)16(18)17(3,4)19-8-10-20-11-9-19/h5-7,12-13,16H,8-11,18H2,1-4H3. The Hall–Kier alpha value is -1.10. The minimum Gasteiger partial charge on any atom is -0.491 e. The Kier molecular flexibility index (Phi) is 5.25. The third-order valence-corrected chi connectivity index (χ3v) is 4.18. The van der Waals surface area contributed by atoms with E-state index in [4.69, 9.17) is 15.2 Å². The van der Waals surface area contributed by atoms with Crippen molar-refractivity contribution in [3.05, 3.63) is 29.8 Å². The Bertz CT molecular complexity index is 454. The van der Waals surface area contributed by atoms with E-state index in [9.17, 15) is 0 Å². The van der Waals surface area contributed by atoms with Crippen molar-refractivity contribution in [1.29, 1.82) is 0 Å². The molecule has 1 atom stereocenters. The molecule has 1 aliphatic rings. The van der Waals surface area contributed by atoms with Crippen LogP contribution in [0.25, 0.3) is 0 Å². The molecule has 0 saturated carbocycles. The highest BCUT2D eigenvalue weighted by atomic mass is 16.5. The maximum Gasteiger partial charge on any atom is 0.120 e. The van der Waals surface area contributed by atoms with Gasteiger partial charge in [0.2, 0.25) is 0 Å². The van der Waals surface area contributed by atoms with Crippen molar-refractivity contribution in [3.8, 4) is 5.75 Å². The Balaban J connectivity index is 2.15. The number of nitrogens with zero attached hydrogens (tertiary/aromatic N) is 1. The van der Waals surface area contributed by atoms with E-state index >= 15 is 0 Å². The molecule has 1 unspecified atom stereocenters. The maximum absolute atomic E-state index is 6.57. The van der Waals surface area contributed by atoms with Gasteiger partial charge in [0.1, 0.15) is 5.75 Å². The summed E-state index contributed by atoms with van der Waals surface area (Å²) in [6.45, 7) is 11.9. The van der Waals surface area contributed by atoms with Crippen LogP contribution < -0.4 is 10.5 Å². The van der Waals surface area contributed by atoms with Crippen LogP contribution in [0, 0.1) is 0 Å². The van der Waals surface area contributed by atoms with Crippen molar-refractivity contribution in [2.45, 2.75) is 45.4 Å². The lowest BCUT2D eigenvalue weighted by Crippen LogP contribution is -2.55. The molecule has 1 heterocycles. The van der Waals surface area contributed by atoms with Gasteiger partial charge < -0.3 is 15.2 Å². The molecule has 0 bridgehead atoms. The molecule has 1 aliphatic heterocycles. The lowest BCUT2D eigenvalue weighted by molar-refractivity contribution is -0.0190. The van der Waals surface area contributed by atoms with Crippen LogP contribution in [0.4, 0.5) is 0 Å².